The Labute approximate surface area is 111 Å². The Balaban J connectivity index is 1.73. The maximum absolute atomic E-state index is 12.3. The summed E-state index contributed by atoms with van der Waals surface area (Å²) in [7, 11) is 0. The van der Waals surface area contributed by atoms with Gasteiger partial charge in [0.05, 0.1) is 24.1 Å². The molecule has 0 radical (unpaired) electrons. The summed E-state index contributed by atoms with van der Waals surface area (Å²) >= 11 is 0. The molecule has 5 nitrogen and oxygen atoms in total. The summed E-state index contributed by atoms with van der Waals surface area (Å²) in [6, 6.07) is 1.99. The molecule has 3 heterocycles. The van der Waals surface area contributed by atoms with Crippen LogP contribution >= 0.6 is 0 Å². The Morgan fingerprint density at radius 3 is 3.11 bits per heavy atom. The number of likely N-dealkylation sites (tertiary alicyclic amines) is 1. The van der Waals surface area contributed by atoms with Gasteiger partial charge in [0.15, 0.2) is 0 Å². The van der Waals surface area contributed by atoms with Crippen LogP contribution in [0.3, 0.4) is 0 Å². The Morgan fingerprint density at radius 1 is 1.53 bits per heavy atom. The first-order valence-electron chi connectivity index (χ1n) is 6.56. The molecule has 0 unspecified atom stereocenters. The number of hydrogen-bond acceptors (Lipinski definition) is 3. The van der Waals surface area contributed by atoms with Crippen molar-refractivity contribution in [2.45, 2.75) is 25.8 Å². The van der Waals surface area contributed by atoms with Crippen LogP contribution in [0.4, 0.5) is 0 Å². The molecular formula is C14H17N3O2. The van der Waals surface area contributed by atoms with Gasteiger partial charge >= 0.3 is 0 Å². The minimum atomic E-state index is 0.0438. The van der Waals surface area contributed by atoms with Crippen molar-refractivity contribution in [2.75, 3.05) is 13.1 Å². The fourth-order valence-electron chi connectivity index (χ4n) is 2.56. The van der Waals surface area contributed by atoms with E-state index in [1.165, 1.54) is 12.5 Å². The maximum Gasteiger partial charge on any atom is 0.257 e. The van der Waals surface area contributed by atoms with Gasteiger partial charge in [-0.15, -0.1) is 0 Å². The minimum Gasteiger partial charge on any atom is -0.472 e. The van der Waals surface area contributed by atoms with E-state index in [-0.39, 0.29) is 11.9 Å². The van der Waals surface area contributed by atoms with E-state index in [0.29, 0.717) is 12.1 Å². The van der Waals surface area contributed by atoms with Gasteiger partial charge in [-0.2, -0.15) is 5.10 Å². The van der Waals surface area contributed by atoms with Crippen molar-refractivity contribution in [3.05, 3.63) is 42.1 Å². The average Bonchev–Trinajstić information content (AvgIpc) is 3.09. The summed E-state index contributed by atoms with van der Waals surface area (Å²) in [5.41, 5.74) is 1.77. The van der Waals surface area contributed by atoms with E-state index in [2.05, 4.69) is 5.10 Å². The lowest BCUT2D eigenvalue weighted by Gasteiger charge is -2.32. The van der Waals surface area contributed by atoms with Crippen molar-refractivity contribution < 1.29 is 9.21 Å². The van der Waals surface area contributed by atoms with Gasteiger partial charge in [0.25, 0.3) is 5.91 Å². The Morgan fingerprint density at radius 2 is 2.42 bits per heavy atom. The van der Waals surface area contributed by atoms with Crippen molar-refractivity contribution >= 4 is 5.91 Å². The number of aromatic nitrogens is 2. The van der Waals surface area contributed by atoms with Crippen LogP contribution in [-0.2, 0) is 0 Å². The summed E-state index contributed by atoms with van der Waals surface area (Å²) in [6.07, 6.45) is 9.01. The van der Waals surface area contributed by atoms with E-state index in [1.807, 2.05) is 28.9 Å². The number of amides is 1. The van der Waals surface area contributed by atoms with E-state index in [4.69, 9.17) is 4.42 Å². The van der Waals surface area contributed by atoms with Crippen LogP contribution in [0.25, 0.3) is 0 Å². The topological polar surface area (TPSA) is 51.3 Å². The van der Waals surface area contributed by atoms with Gasteiger partial charge in [-0.05, 0) is 31.4 Å². The molecule has 1 aliphatic rings. The molecule has 0 aromatic carbocycles. The molecule has 1 saturated heterocycles. The third-order valence-electron chi connectivity index (χ3n) is 3.56. The first-order chi connectivity index (χ1) is 9.24. The van der Waals surface area contributed by atoms with Crippen LogP contribution in [0.2, 0.25) is 0 Å². The van der Waals surface area contributed by atoms with Crippen molar-refractivity contribution in [1.29, 1.82) is 0 Å². The summed E-state index contributed by atoms with van der Waals surface area (Å²) in [5.74, 6) is 0.0438. The van der Waals surface area contributed by atoms with E-state index >= 15 is 0 Å². The number of piperidine rings is 1. The first kappa shape index (κ1) is 12.0. The highest BCUT2D eigenvalue weighted by Crippen LogP contribution is 2.22. The molecule has 19 heavy (non-hydrogen) atoms. The van der Waals surface area contributed by atoms with E-state index in [9.17, 15) is 4.79 Å². The molecule has 2 aromatic rings. The summed E-state index contributed by atoms with van der Waals surface area (Å²) in [4.78, 5) is 14.2. The molecule has 0 spiro atoms. The second-order valence-electron chi connectivity index (χ2n) is 5.06. The molecule has 0 saturated carbocycles. The lowest BCUT2D eigenvalue weighted by atomic mass is 10.1. The van der Waals surface area contributed by atoms with Gasteiger partial charge in [-0.25, -0.2) is 0 Å². The van der Waals surface area contributed by atoms with Gasteiger partial charge in [-0.3, -0.25) is 9.48 Å². The van der Waals surface area contributed by atoms with Crippen molar-refractivity contribution in [3.63, 3.8) is 0 Å². The highest BCUT2D eigenvalue weighted by Gasteiger charge is 2.26. The van der Waals surface area contributed by atoms with Gasteiger partial charge in [0.1, 0.15) is 6.26 Å². The number of nitrogens with zero attached hydrogens (tertiary/aromatic N) is 3. The van der Waals surface area contributed by atoms with Crippen LogP contribution in [0, 0.1) is 6.92 Å². The molecule has 1 fully saturated rings. The van der Waals surface area contributed by atoms with Gasteiger partial charge < -0.3 is 9.32 Å². The third-order valence-corrected chi connectivity index (χ3v) is 3.56. The first-order valence-corrected chi connectivity index (χ1v) is 6.56. The highest BCUT2D eigenvalue weighted by atomic mass is 16.3. The van der Waals surface area contributed by atoms with Crippen molar-refractivity contribution in [2.24, 2.45) is 0 Å². The summed E-state index contributed by atoms with van der Waals surface area (Å²) < 4.78 is 6.95. The number of carbonyl (C=O) groups is 1. The molecule has 100 valence electrons. The summed E-state index contributed by atoms with van der Waals surface area (Å²) in [5, 5.41) is 4.36. The molecule has 2 aromatic heterocycles. The zero-order valence-electron chi connectivity index (χ0n) is 11.0. The lowest BCUT2D eigenvalue weighted by molar-refractivity contribution is 0.0672. The third kappa shape index (κ3) is 2.41. The minimum absolute atomic E-state index is 0.0438. The molecule has 0 N–H and O–H groups in total. The standard InChI is InChI=1S/C14H17N3O2/c1-11-7-15-17(8-11)13-3-2-5-16(9-13)14(18)12-4-6-19-10-12/h4,6-8,10,13H,2-3,5,9H2,1H3/t13-/m1/s1. The fourth-order valence-corrected chi connectivity index (χ4v) is 2.56. The van der Waals surface area contributed by atoms with Gasteiger partial charge in [0, 0.05) is 19.3 Å². The summed E-state index contributed by atoms with van der Waals surface area (Å²) in [6.45, 7) is 3.55. The van der Waals surface area contributed by atoms with E-state index < -0.39 is 0 Å². The molecule has 1 amide bonds. The maximum atomic E-state index is 12.3. The van der Waals surface area contributed by atoms with Crippen molar-refractivity contribution in [1.82, 2.24) is 14.7 Å². The Hall–Kier alpha value is -2.04. The zero-order valence-corrected chi connectivity index (χ0v) is 11.0. The van der Waals surface area contributed by atoms with E-state index in [1.54, 1.807) is 6.07 Å². The number of rotatable bonds is 2. The lowest BCUT2D eigenvalue weighted by Crippen LogP contribution is -2.40. The van der Waals surface area contributed by atoms with Gasteiger partial charge in [-0.1, -0.05) is 0 Å². The predicted octanol–water partition coefficient (Wildman–Crippen LogP) is 2.26. The fraction of sp³-hybridized carbons (Fsp3) is 0.429. The monoisotopic (exact) mass is 259 g/mol. The number of carbonyl (C=O) groups excluding carboxylic acids is 1. The van der Waals surface area contributed by atoms with Crippen LogP contribution in [0.15, 0.2) is 35.4 Å². The molecule has 3 rings (SSSR count). The number of aryl methyl sites for hydroxylation is 1. The second-order valence-corrected chi connectivity index (χ2v) is 5.06. The molecule has 0 bridgehead atoms. The van der Waals surface area contributed by atoms with E-state index in [0.717, 1.165) is 24.9 Å². The smallest absolute Gasteiger partial charge is 0.257 e. The average molecular weight is 259 g/mol. The molecular weight excluding hydrogens is 242 g/mol. The molecule has 0 aliphatic carbocycles. The molecule has 1 aliphatic heterocycles. The molecule has 1 atom stereocenters. The quantitative estimate of drug-likeness (QED) is 0.831. The van der Waals surface area contributed by atoms with Crippen molar-refractivity contribution in [3.8, 4) is 0 Å². The van der Waals surface area contributed by atoms with Crippen LogP contribution in [0.1, 0.15) is 34.8 Å². The number of hydrogen-bond donors (Lipinski definition) is 0. The second kappa shape index (κ2) is 4.91. The highest BCUT2D eigenvalue weighted by molar-refractivity contribution is 5.93. The van der Waals surface area contributed by atoms with Crippen LogP contribution in [0.5, 0.6) is 0 Å². The zero-order chi connectivity index (χ0) is 13.2. The largest absolute Gasteiger partial charge is 0.472 e. The predicted molar refractivity (Wildman–Crippen MR) is 69.8 cm³/mol. The van der Waals surface area contributed by atoms with Crippen LogP contribution in [-0.4, -0.2) is 33.7 Å². The van der Waals surface area contributed by atoms with Crippen LogP contribution < -0.4 is 0 Å². The normalized spacial score (nSPS) is 19.6. The Bertz CT molecular complexity index is 559. The SMILES string of the molecule is Cc1cnn([C@@H]2CCCN(C(=O)c3ccoc3)C2)c1. The molecule has 5 heteroatoms. The number of furan rings is 1. The van der Waals surface area contributed by atoms with Gasteiger partial charge in [0.2, 0.25) is 0 Å². The Kier molecular flexibility index (Phi) is 3.11.